The van der Waals surface area contributed by atoms with Gasteiger partial charge in [-0.15, -0.1) is 0 Å². The first kappa shape index (κ1) is 27.0. The summed E-state index contributed by atoms with van der Waals surface area (Å²) < 4.78 is 17.4. The Hall–Kier alpha value is -4.07. The predicted molar refractivity (Wildman–Crippen MR) is 146 cm³/mol. The number of aromatic nitrogens is 1. The van der Waals surface area contributed by atoms with E-state index in [0.717, 1.165) is 24.2 Å². The minimum atomic E-state index is -0.764. The van der Waals surface area contributed by atoms with E-state index < -0.39 is 17.7 Å². The number of anilines is 1. The van der Waals surface area contributed by atoms with Crippen molar-refractivity contribution in [2.75, 3.05) is 5.32 Å². The number of ether oxygens (including phenoxy) is 3. The van der Waals surface area contributed by atoms with E-state index in [1.807, 2.05) is 50.2 Å². The number of pyridine rings is 1. The van der Waals surface area contributed by atoms with Gasteiger partial charge in [-0.1, -0.05) is 44.2 Å². The number of aryl methyl sites for hydroxylation is 1. The Bertz CT molecular complexity index is 1250. The molecule has 2 atom stereocenters. The number of carbonyl (C=O) groups excluding carboxylic acids is 2. The van der Waals surface area contributed by atoms with Gasteiger partial charge in [0.25, 0.3) is 0 Å². The van der Waals surface area contributed by atoms with Gasteiger partial charge in [-0.3, -0.25) is 4.79 Å². The molecule has 0 saturated heterocycles. The lowest BCUT2D eigenvalue weighted by Gasteiger charge is -2.26. The summed E-state index contributed by atoms with van der Waals surface area (Å²) in [5.41, 5.74) is 2.10. The van der Waals surface area contributed by atoms with Crippen LogP contribution in [-0.2, 0) is 16.0 Å². The largest absolute Gasteiger partial charge is 0.485 e. The molecule has 1 aromatic heterocycles. The normalized spacial score (nSPS) is 15.6. The first-order valence-electron chi connectivity index (χ1n) is 12.9. The lowest BCUT2D eigenvalue weighted by molar-refractivity contribution is -0.119. The molecule has 4 rings (SSSR count). The second-order valence-corrected chi connectivity index (χ2v) is 10.7. The minimum absolute atomic E-state index is 0.0505. The number of benzene rings is 2. The topological polar surface area (TPSA) is 98.8 Å². The van der Waals surface area contributed by atoms with Crippen molar-refractivity contribution < 1.29 is 23.8 Å². The van der Waals surface area contributed by atoms with Crippen LogP contribution in [0.15, 0.2) is 66.9 Å². The van der Waals surface area contributed by atoms with E-state index in [2.05, 4.69) is 27.8 Å². The summed E-state index contributed by atoms with van der Waals surface area (Å²) in [6.45, 7) is 9.01. The van der Waals surface area contributed by atoms with E-state index in [9.17, 15) is 9.59 Å². The highest BCUT2D eigenvalue weighted by molar-refractivity contribution is 5.96. The fourth-order valence-electron chi connectivity index (χ4n) is 4.16. The zero-order chi connectivity index (χ0) is 27.3. The van der Waals surface area contributed by atoms with E-state index in [1.54, 1.807) is 32.9 Å². The maximum absolute atomic E-state index is 12.8. The Labute approximate surface area is 223 Å². The highest BCUT2D eigenvalue weighted by Gasteiger charge is 2.27. The van der Waals surface area contributed by atoms with Crippen molar-refractivity contribution in [3.8, 4) is 17.4 Å². The summed E-state index contributed by atoms with van der Waals surface area (Å²) in [7, 11) is 0. The number of fused-ring (bicyclic) bond motifs is 1. The summed E-state index contributed by atoms with van der Waals surface area (Å²) in [5, 5.41) is 5.44. The van der Waals surface area contributed by atoms with E-state index in [0.29, 0.717) is 17.3 Å². The summed E-state index contributed by atoms with van der Waals surface area (Å²) >= 11 is 0. The Kier molecular flexibility index (Phi) is 8.20. The second-order valence-electron chi connectivity index (χ2n) is 10.7. The molecule has 2 amide bonds. The van der Waals surface area contributed by atoms with Crippen LogP contribution >= 0.6 is 0 Å². The molecule has 38 heavy (non-hydrogen) atoms. The van der Waals surface area contributed by atoms with Crippen LogP contribution in [0.5, 0.6) is 17.4 Å². The molecule has 200 valence electrons. The van der Waals surface area contributed by atoms with Gasteiger partial charge in [-0.25, -0.2) is 9.78 Å². The molecule has 0 fully saturated rings. The average Bonchev–Trinajstić information content (AvgIpc) is 2.87. The molecule has 0 saturated carbocycles. The Balaban J connectivity index is 1.35. The van der Waals surface area contributed by atoms with Crippen molar-refractivity contribution in [3.05, 3.63) is 78.0 Å². The highest BCUT2D eigenvalue weighted by Crippen LogP contribution is 2.37. The highest BCUT2D eigenvalue weighted by atomic mass is 16.6. The van der Waals surface area contributed by atoms with Gasteiger partial charge in [0.1, 0.15) is 29.2 Å². The molecule has 0 spiro atoms. The van der Waals surface area contributed by atoms with Gasteiger partial charge < -0.3 is 24.8 Å². The van der Waals surface area contributed by atoms with Crippen molar-refractivity contribution >= 4 is 17.7 Å². The predicted octanol–water partition coefficient (Wildman–Crippen LogP) is 6.43. The molecule has 0 radical (unpaired) electrons. The molecule has 8 heteroatoms. The zero-order valence-electron chi connectivity index (χ0n) is 22.5. The van der Waals surface area contributed by atoms with Crippen molar-refractivity contribution in [2.24, 2.45) is 5.92 Å². The monoisotopic (exact) mass is 517 g/mol. The van der Waals surface area contributed by atoms with Crippen LogP contribution in [0.3, 0.4) is 0 Å². The molecule has 2 heterocycles. The van der Waals surface area contributed by atoms with Gasteiger partial charge in [0, 0.05) is 6.07 Å². The van der Waals surface area contributed by atoms with Crippen LogP contribution in [0.25, 0.3) is 0 Å². The van der Waals surface area contributed by atoms with Crippen LogP contribution in [0, 0.1) is 5.92 Å². The molecule has 2 N–H and O–H groups in total. The summed E-state index contributed by atoms with van der Waals surface area (Å²) in [6, 6.07) is 18.6. The third-order valence-electron chi connectivity index (χ3n) is 6.00. The lowest BCUT2D eigenvalue weighted by Crippen LogP contribution is -2.48. The standard InChI is InChI=1S/C30H35N3O5/c1-19(2)27(33-29(35)38-30(3,4)5)28(34)32-22-12-16-26(31-18-22)36-23-13-15-25-21(17-23)11-14-24(37-25)20-9-7-6-8-10-20/h6-10,12-13,15-19,24,27H,11,14H2,1-5H3,(H,32,34)(H,33,35)/t24?,27-/m0/s1. The molecular weight excluding hydrogens is 482 g/mol. The number of hydrogen-bond acceptors (Lipinski definition) is 6. The third kappa shape index (κ3) is 7.25. The lowest BCUT2D eigenvalue weighted by atomic mass is 9.97. The first-order chi connectivity index (χ1) is 18.1. The SMILES string of the molecule is CC(C)[C@H](NC(=O)OC(C)(C)C)C(=O)Nc1ccc(Oc2ccc3c(c2)CCC(c2ccccc2)O3)nc1. The first-order valence-corrected chi connectivity index (χ1v) is 12.9. The molecule has 1 aliphatic rings. The molecule has 3 aromatic rings. The van der Waals surface area contributed by atoms with Crippen molar-refractivity contribution in [1.29, 1.82) is 0 Å². The van der Waals surface area contributed by atoms with Crippen LogP contribution in [-0.4, -0.2) is 28.6 Å². The molecule has 1 unspecified atom stereocenters. The van der Waals surface area contributed by atoms with Crippen molar-refractivity contribution in [3.63, 3.8) is 0 Å². The van der Waals surface area contributed by atoms with E-state index in [4.69, 9.17) is 14.2 Å². The number of carbonyl (C=O) groups is 2. The number of nitrogens with zero attached hydrogens (tertiary/aromatic N) is 1. The smallest absolute Gasteiger partial charge is 0.408 e. The number of rotatable bonds is 7. The third-order valence-corrected chi connectivity index (χ3v) is 6.00. The maximum atomic E-state index is 12.8. The fourth-order valence-corrected chi connectivity index (χ4v) is 4.16. The van der Waals surface area contributed by atoms with Gasteiger partial charge >= 0.3 is 6.09 Å². The average molecular weight is 518 g/mol. The Morgan fingerprint density at radius 1 is 1.05 bits per heavy atom. The number of hydrogen-bond donors (Lipinski definition) is 2. The minimum Gasteiger partial charge on any atom is -0.485 e. The van der Waals surface area contributed by atoms with Gasteiger partial charge in [0.2, 0.25) is 11.8 Å². The molecule has 1 aliphatic heterocycles. The Morgan fingerprint density at radius 2 is 1.82 bits per heavy atom. The summed E-state index contributed by atoms with van der Waals surface area (Å²) in [6.07, 6.45) is 2.71. The Morgan fingerprint density at radius 3 is 2.47 bits per heavy atom. The number of nitrogens with one attached hydrogen (secondary N) is 2. The van der Waals surface area contributed by atoms with Gasteiger partial charge in [-0.05, 0) is 74.9 Å². The van der Waals surface area contributed by atoms with Gasteiger partial charge in [0.05, 0.1) is 11.9 Å². The molecule has 0 aliphatic carbocycles. The molecule has 0 bridgehead atoms. The van der Waals surface area contributed by atoms with E-state index in [-0.39, 0.29) is 17.9 Å². The van der Waals surface area contributed by atoms with Crippen LogP contribution in [0.4, 0.5) is 10.5 Å². The molecular formula is C30H35N3O5. The van der Waals surface area contributed by atoms with Crippen LogP contribution in [0.1, 0.15) is 58.3 Å². The van der Waals surface area contributed by atoms with E-state index in [1.165, 1.54) is 11.8 Å². The molecule has 2 aromatic carbocycles. The van der Waals surface area contributed by atoms with Crippen molar-refractivity contribution in [2.45, 2.75) is 65.2 Å². The quantitative estimate of drug-likeness (QED) is 0.375. The summed E-state index contributed by atoms with van der Waals surface area (Å²) in [4.78, 5) is 29.3. The van der Waals surface area contributed by atoms with Gasteiger partial charge in [-0.2, -0.15) is 0 Å². The van der Waals surface area contributed by atoms with Gasteiger partial charge in [0.15, 0.2) is 0 Å². The molecule has 8 nitrogen and oxygen atoms in total. The second kappa shape index (κ2) is 11.5. The number of alkyl carbamates (subject to hydrolysis) is 1. The van der Waals surface area contributed by atoms with E-state index >= 15 is 0 Å². The fraction of sp³-hybridized carbons (Fsp3) is 0.367. The van der Waals surface area contributed by atoms with Crippen LogP contribution < -0.4 is 20.1 Å². The van der Waals surface area contributed by atoms with Crippen molar-refractivity contribution in [1.82, 2.24) is 10.3 Å². The zero-order valence-corrected chi connectivity index (χ0v) is 22.5. The van der Waals surface area contributed by atoms with Crippen LogP contribution in [0.2, 0.25) is 0 Å². The summed E-state index contributed by atoms with van der Waals surface area (Å²) in [5.74, 6) is 1.42. The number of amides is 2. The maximum Gasteiger partial charge on any atom is 0.408 e.